The summed E-state index contributed by atoms with van der Waals surface area (Å²) in [5.74, 6) is -0.229. The topological polar surface area (TPSA) is 93.5 Å². The molecule has 0 saturated carbocycles. The highest BCUT2D eigenvalue weighted by Gasteiger charge is 2.19. The molecule has 2 amide bonds. The Labute approximate surface area is 121 Å². The minimum Gasteiger partial charge on any atom is -0.380 e. The standard InChI is InChI=1S/C14H29N3O3/c1-6-20-8-11(9(2)3)17-12(18)7-16-14(19)13(15)10(4)5/h9-11,13H,6-8,15H2,1-5H3,(H,16,19)(H,17,18)/t11?,13-/m0/s1. The van der Waals surface area contributed by atoms with Gasteiger partial charge in [0.05, 0.1) is 25.2 Å². The molecule has 0 spiro atoms. The highest BCUT2D eigenvalue weighted by atomic mass is 16.5. The smallest absolute Gasteiger partial charge is 0.239 e. The fourth-order valence-electron chi connectivity index (χ4n) is 1.49. The lowest BCUT2D eigenvalue weighted by Crippen LogP contribution is -2.50. The molecule has 118 valence electrons. The summed E-state index contributed by atoms with van der Waals surface area (Å²) in [5.41, 5.74) is 5.70. The zero-order valence-electron chi connectivity index (χ0n) is 13.2. The van der Waals surface area contributed by atoms with Crippen molar-refractivity contribution in [1.29, 1.82) is 0 Å². The molecule has 0 heterocycles. The normalized spacial score (nSPS) is 14.2. The van der Waals surface area contributed by atoms with E-state index in [9.17, 15) is 9.59 Å². The monoisotopic (exact) mass is 287 g/mol. The zero-order chi connectivity index (χ0) is 15.7. The van der Waals surface area contributed by atoms with Crippen molar-refractivity contribution in [3.8, 4) is 0 Å². The Morgan fingerprint density at radius 2 is 1.75 bits per heavy atom. The number of carbonyl (C=O) groups excluding carboxylic acids is 2. The van der Waals surface area contributed by atoms with Gasteiger partial charge in [0, 0.05) is 6.61 Å². The number of hydrogen-bond donors (Lipinski definition) is 3. The lowest BCUT2D eigenvalue weighted by molar-refractivity contribution is -0.128. The zero-order valence-corrected chi connectivity index (χ0v) is 13.2. The van der Waals surface area contributed by atoms with E-state index in [1.54, 1.807) is 0 Å². The van der Waals surface area contributed by atoms with E-state index in [-0.39, 0.29) is 36.2 Å². The molecule has 0 aromatic carbocycles. The molecular weight excluding hydrogens is 258 g/mol. The molecule has 0 aliphatic rings. The summed E-state index contributed by atoms with van der Waals surface area (Å²) in [6, 6.07) is -0.648. The van der Waals surface area contributed by atoms with E-state index in [2.05, 4.69) is 10.6 Å². The molecule has 4 N–H and O–H groups in total. The largest absolute Gasteiger partial charge is 0.380 e. The second-order valence-electron chi connectivity index (χ2n) is 5.57. The van der Waals surface area contributed by atoms with Crippen molar-refractivity contribution in [2.45, 2.75) is 46.7 Å². The van der Waals surface area contributed by atoms with Crippen LogP contribution in [0.15, 0.2) is 0 Å². The average Bonchev–Trinajstić information content (AvgIpc) is 2.39. The van der Waals surface area contributed by atoms with Gasteiger partial charge in [-0.2, -0.15) is 0 Å². The van der Waals surface area contributed by atoms with Crippen LogP contribution < -0.4 is 16.4 Å². The first-order valence-corrected chi connectivity index (χ1v) is 7.19. The second-order valence-corrected chi connectivity index (χ2v) is 5.57. The molecule has 1 unspecified atom stereocenters. The van der Waals surface area contributed by atoms with E-state index >= 15 is 0 Å². The van der Waals surface area contributed by atoms with Crippen molar-refractivity contribution in [2.75, 3.05) is 19.8 Å². The van der Waals surface area contributed by atoms with E-state index < -0.39 is 6.04 Å². The lowest BCUT2D eigenvalue weighted by Gasteiger charge is -2.22. The second kappa shape index (κ2) is 9.72. The molecule has 0 rings (SSSR count). The number of rotatable bonds is 9. The SMILES string of the molecule is CCOCC(NC(=O)CNC(=O)[C@@H](N)C(C)C)C(C)C. The van der Waals surface area contributed by atoms with Gasteiger partial charge < -0.3 is 21.1 Å². The van der Waals surface area contributed by atoms with Gasteiger partial charge in [0.1, 0.15) is 0 Å². The van der Waals surface area contributed by atoms with E-state index in [0.717, 1.165) is 0 Å². The van der Waals surface area contributed by atoms with Crippen LogP contribution in [0.3, 0.4) is 0 Å². The van der Waals surface area contributed by atoms with E-state index in [0.29, 0.717) is 13.2 Å². The number of carbonyl (C=O) groups is 2. The maximum absolute atomic E-state index is 11.8. The van der Waals surface area contributed by atoms with Crippen molar-refractivity contribution in [1.82, 2.24) is 10.6 Å². The van der Waals surface area contributed by atoms with Crippen LogP contribution in [0.4, 0.5) is 0 Å². The Hall–Kier alpha value is -1.14. The Bertz CT molecular complexity index is 306. The Balaban J connectivity index is 4.16. The summed E-state index contributed by atoms with van der Waals surface area (Å²) in [7, 11) is 0. The summed E-state index contributed by atoms with van der Waals surface area (Å²) < 4.78 is 5.33. The van der Waals surface area contributed by atoms with Crippen molar-refractivity contribution in [3.63, 3.8) is 0 Å². The summed E-state index contributed by atoms with van der Waals surface area (Å²) >= 11 is 0. The molecule has 0 radical (unpaired) electrons. The number of nitrogens with two attached hydrogens (primary N) is 1. The third-order valence-electron chi connectivity index (χ3n) is 3.10. The number of nitrogens with one attached hydrogen (secondary N) is 2. The maximum atomic E-state index is 11.8. The molecular formula is C14H29N3O3. The number of hydrogen-bond acceptors (Lipinski definition) is 4. The van der Waals surface area contributed by atoms with Crippen LogP contribution in [0.2, 0.25) is 0 Å². The van der Waals surface area contributed by atoms with Crippen molar-refractivity contribution in [2.24, 2.45) is 17.6 Å². The van der Waals surface area contributed by atoms with Crippen LogP contribution in [-0.4, -0.2) is 43.7 Å². The van der Waals surface area contributed by atoms with Gasteiger partial charge in [-0.3, -0.25) is 9.59 Å². The molecule has 0 aromatic rings. The first-order valence-electron chi connectivity index (χ1n) is 7.19. The van der Waals surface area contributed by atoms with Gasteiger partial charge in [0.2, 0.25) is 11.8 Å². The molecule has 0 bridgehead atoms. The summed E-state index contributed by atoms with van der Waals surface area (Å²) in [6.45, 7) is 10.7. The minimum absolute atomic E-state index is 0.0411. The highest BCUT2D eigenvalue weighted by molar-refractivity contribution is 5.87. The molecule has 0 aromatic heterocycles. The quantitative estimate of drug-likeness (QED) is 0.567. The molecule has 0 fully saturated rings. The fraction of sp³-hybridized carbons (Fsp3) is 0.857. The van der Waals surface area contributed by atoms with Crippen LogP contribution in [-0.2, 0) is 14.3 Å². The molecule has 2 atom stereocenters. The van der Waals surface area contributed by atoms with E-state index in [1.807, 2.05) is 34.6 Å². The molecule has 0 aliphatic carbocycles. The van der Waals surface area contributed by atoms with E-state index in [4.69, 9.17) is 10.5 Å². The molecule has 20 heavy (non-hydrogen) atoms. The van der Waals surface area contributed by atoms with E-state index in [1.165, 1.54) is 0 Å². The maximum Gasteiger partial charge on any atom is 0.239 e. The van der Waals surface area contributed by atoms with Crippen LogP contribution in [0.1, 0.15) is 34.6 Å². The molecule has 0 saturated heterocycles. The van der Waals surface area contributed by atoms with Crippen LogP contribution in [0.25, 0.3) is 0 Å². The van der Waals surface area contributed by atoms with Crippen molar-refractivity contribution >= 4 is 11.8 Å². The Morgan fingerprint density at radius 3 is 2.20 bits per heavy atom. The van der Waals surface area contributed by atoms with Gasteiger partial charge in [-0.15, -0.1) is 0 Å². The fourth-order valence-corrected chi connectivity index (χ4v) is 1.49. The lowest BCUT2D eigenvalue weighted by atomic mass is 10.0. The number of ether oxygens (including phenoxy) is 1. The first kappa shape index (κ1) is 18.9. The summed E-state index contributed by atoms with van der Waals surface area (Å²) in [5, 5.41) is 5.40. The van der Waals surface area contributed by atoms with Crippen LogP contribution in [0, 0.1) is 11.8 Å². The van der Waals surface area contributed by atoms with Crippen molar-refractivity contribution < 1.29 is 14.3 Å². The van der Waals surface area contributed by atoms with Gasteiger partial charge in [0.15, 0.2) is 0 Å². The minimum atomic E-state index is -0.591. The summed E-state index contributed by atoms with van der Waals surface area (Å²) in [6.07, 6.45) is 0. The van der Waals surface area contributed by atoms with Gasteiger partial charge in [-0.1, -0.05) is 27.7 Å². The Morgan fingerprint density at radius 1 is 1.15 bits per heavy atom. The van der Waals surface area contributed by atoms with Gasteiger partial charge in [-0.25, -0.2) is 0 Å². The third kappa shape index (κ3) is 7.45. The van der Waals surface area contributed by atoms with Gasteiger partial charge >= 0.3 is 0 Å². The Kier molecular flexibility index (Phi) is 9.16. The average molecular weight is 287 g/mol. The highest BCUT2D eigenvalue weighted by Crippen LogP contribution is 2.02. The van der Waals surface area contributed by atoms with Crippen LogP contribution in [0.5, 0.6) is 0 Å². The summed E-state index contributed by atoms with van der Waals surface area (Å²) in [4.78, 5) is 23.4. The predicted molar refractivity (Wildman–Crippen MR) is 79.1 cm³/mol. The van der Waals surface area contributed by atoms with Gasteiger partial charge in [-0.05, 0) is 18.8 Å². The molecule has 0 aliphatic heterocycles. The molecule has 6 nitrogen and oxygen atoms in total. The third-order valence-corrected chi connectivity index (χ3v) is 3.10. The van der Waals surface area contributed by atoms with Crippen LogP contribution >= 0.6 is 0 Å². The first-order chi connectivity index (χ1) is 9.29. The molecule has 6 heteroatoms. The number of amides is 2. The predicted octanol–water partition coefficient (Wildman–Crippen LogP) is 0.263. The van der Waals surface area contributed by atoms with Gasteiger partial charge in [0.25, 0.3) is 0 Å². The van der Waals surface area contributed by atoms with Crippen molar-refractivity contribution in [3.05, 3.63) is 0 Å².